The summed E-state index contributed by atoms with van der Waals surface area (Å²) in [6.45, 7) is 0.642. The molecule has 0 aliphatic carbocycles. The van der Waals surface area contributed by atoms with Crippen molar-refractivity contribution in [2.45, 2.75) is 32.1 Å². The number of carbonyl (C=O) groups is 2. The molecule has 0 fully saturated rings. The Balaban J connectivity index is 2.11. The Morgan fingerprint density at radius 3 is 2.29 bits per heavy atom. The summed E-state index contributed by atoms with van der Waals surface area (Å²) in [6, 6.07) is 7.01. The second-order valence-electron chi connectivity index (χ2n) is 4.72. The molecule has 0 radical (unpaired) electrons. The van der Waals surface area contributed by atoms with Gasteiger partial charge in [0, 0.05) is 18.5 Å². The number of hydrogen-bond donors (Lipinski definition) is 1. The van der Waals surface area contributed by atoms with Gasteiger partial charge in [-0.2, -0.15) is 0 Å². The van der Waals surface area contributed by atoms with Gasteiger partial charge in [0.2, 0.25) is 0 Å². The average molecular weight is 293 g/mol. The molecule has 0 aliphatic rings. The molecule has 0 aromatic heterocycles. The number of ether oxygens (including phenoxy) is 2. The number of unbranched alkanes of at least 4 members (excludes halogenated alkanes) is 3. The monoisotopic (exact) mass is 293 g/mol. The van der Waals surface area contributed by atoms with Crippen molar-refractivity contribution in [2.24, 2.45) is 0 Å². The summed E-state index contributed by atoms with van der Waals surface area (Å²) in [6.07, 6.45) is 4.16. The van der Waals surface area contributed by atoms with Crippen molar-refractivity contribution in [2.75, 3.05) is 20.8 Å². The SMILES string of the molecule is COC(=O)CCCCCCNC(=O)c1ccc(OC)cc1. The van der Waals surface area contributed by atoms with Gasteiger partial charge in [0.25, 0.3) is 5.91 Å². The first-order chi connectivity index (χ1) is 10.2. The summed E-state index contributed by atoms with van der Waals surface area (Å²) in [5, 5.41) is 2.88. The summed E-state index contributed by atoms with van der Waals surface area (Å²) >= 11 is 0. The Kier molecular flexibility index (Phi) is 7.94. The fourth-order valence-electron chi connectivity index (χ4n) is 1.90. The van der Waals surface area contributed by atoms with Crippen LogP contribution in [0.5, 0.6) is 5.75 Å². The molecule has 1 amide bonds. The highest BCUT2D eigenvalue weighted by Crippen LogP contribution is 2.11. The quantitative estimate of drug-likeness (QED) is 0.561. The molecule has 0 bridgehead atoms. The van der Waals surface area contributed by atoms with Gasteiger partial charge in [-0.15, -0.1) is 0 Å². The Morgan fingerprint density at radius 2 is 1.67 bits per heavy atom. The average Bonchev–Trinajstić information content (AvgIpc) is 2.53. The van der Waals surface area contributed by atoms with Gasteiger partial charge in [0.15, 0.2) is 0 Å². The van der Waals surface area contributed by atoms with E-state index < -0.39 is 0 Å². The van der Waals surface area contributed by atoms with Crippen molar-refractivity contribution in [3.05, 3.63) is 29.8 Å². The van der Waals surface area contributed by atoms with Gasteiger partial charge < -0.3 is 14.8 Å². The number of benzene rings is 1. The largest absolute Gasteiger partial charge is 0.497 e. The second kappa shape index (κ2) is 9.80. The lowest BCUT2D eigenvalue weighted by Gasteiger charge is -2.06. The van der Waals surface area contributed by atoms with E-state index in [0.717, 1.165) is 31.4 Å². The molecule has 0 unspecified atom stereocenters. The van der Waals surface area contributed by atoms with Gasteiger partial charge in [-0.25, -0.2) is 0 Å². The minimum absolute atomic E-state index is 0.0767. The predicted octanol–water partition coefficient (Wildman–Crippen LogP) is 2.55. The summed E-state index contributed by atoms with van der Waals surface area (Å²) in [7, 11) is 2.99. The van der Waals surface area contributed by atoms with Gasteiger partial charge in [-0.3, -0.25) is 9.59 Å². The summed E-state index contributed by atoms with van der Waals surface area (Å²) in [5.74, 6) is 0.493. The zero-order chi connectivity index (χ0) is 15.5. The van der Waals surface area contributed by atoms with E-state index in [-0.39, 0.29) is 11.9 Å². The standard InChI is InChI=1S/C16H23NO4/c1-20-14-10-8-13(9-11-14)16(19)17-12-6-4-3-5-7-15(18)21-2/h8-11H,3-7,12H2,1-2H3,(H,17,19). The van der Waals surface area contributed by atoms with Gasteiger partial charge in [-0.1, -0.05) is 12.8 Å². The van der Waals surface area contributed by atoms with Crippen molar-refractivity contribution in [1.82, 2.24) is 5.32 Å². The first-order valence-corrected chi connectivity index (χ1v) is 7.16. The number of carbonyl (C=O) groups excluding carboxylic acids is 2. The molecule has 0 aliphatic heterocycles. The third-order valence-electron chi connectivity index (χ3n) is 3.17. The topological polar surface area (TPSA) is 64.6 Å². The van der Waals surface area contributed by atoms with Crippen LogP contribution in [0.2, 0.25) is 0 Å². The minimum Gasteiger partial charge on any atom is -0.497 e. The van der Waals surface area contributed by atoms with Crippen molar-refractivity contribution < 1.29 is 19.1 Å². The van der Waals surface area contributed by atoms with Gasteiger partial charge >= 0.3 is 5.97 Å². The number of esters is 1. The number of hydrogen-bond acceptors (Lipinski definition) is 4. The molecular formula is C16H23NO4. The molecule has 116 valence electrons. The Labute approximate surface area is 125 Å². The van der Waals surface area contributed by atoms with E-state index in [1.807, 2.05) is 0 Å². The predicted molar refractivity (Wildman–Crippen MR) is 80.4 cm³/mol. The fraction of sp³-hybridized carbons (Fsp3) is 0.500. The normalized spacial score (nSPS) is 10.0. The van der Waals surface area contributed by atoms with Crippen LogP contribution in [-0.2, 0) is 9.53 Å². The van der Waals surface area contributed by atoms with Crippen LogP contribution in [0, 0.1) is 0 Å². The molecule has 1 rings (SSSR count). The number of nitrogens with one attached hydrogen (secondary N) is 1. The maximum absolute atomic E-state index is 11.8. The number of rotatable bonds is 9. The van der Waals surface area contributed by atoms with Crippen LogP contribution < -0.4 is 10.1 Å². The van der Waals surface area contributed by atoms with E-state index in [9.17, 15) is 9.59 Å². The van der Waals surface area contributed by atoms with E-state index in [4.69, 9.17) is 4.74 Å². The molecule has 0 spiro atoms. The third-order valence-corrected chi connectivity index (χ3v) is 3.17. The van der Waals surface area contributed by atoms with Crippen LogP contribution in [0.3, 0.4) is 0 Å². The lowest BCUT2D eigenvalue weighted by molar-refractivity contribution is -0.140. The van der Waals surface area contributed by atoms with E-state index in [0.29, 0.717) is 18.5 Å². The zero-order valence-electron chi connectivity index (χ0n) is 12.7. The number of amides is 1. The van der Waals surface area contributed by atoms with E-state index >= 15 is 0 Å². The maximum Gasteiger partial charge on any atom is 0.305 e. The van der Waals surface area contributed by atoms with E-state index in [2.05, 4.69) is 10.1 Å². The van der Waals surface area contributed by atoms with Crippen LogP contribution in [0.1, 0.15) is 42.5 Å². The minimum atomic E-state index is -0.164. The van der Waals surface area contributed by atoms with E-state index in [1.54, 1.807) is 31.4 Å². The van der Waals surface area contributed by atoms with Gasteiger partial charge in [0.05, 0.1) is 14.2 Å². The Bertz CT molecular complexity index is 442. The molecule has 21 heavy (non-hydrogen) atoms. The molecule has 0 saturated heterocycles. The Morgan fingerprint density at radius 1 is 1.00 bits per heavy atom. The highest BCUT2D eigenvalue weighted by Gasteiger charge is 2.04. The fourth-order valence-corrected chi connectivity index (χ4v) is 1.90. The molecule has 1 N–H and O–H groups in total. The lowest BCUT2D eigenvalue weighted by atomic mass is 10.1. The summed E-state index contributed by atoms with van der Waals surface area (Å²) in [5.41, 5.74) is 0.626. The van der Waals surface area contributed by atoms with Crippen LogP contribution in [0.4, 0.5) is 0 Å². The van der Waals surface area contributed by atoms with Crippen LogP contribution in [0.25, 0.3) is 0 Å². The molecule has 0 heterocycles. The zero-order valence-corrected chi connectivity index (χ0v) is 12.7. The first-order valence-electron chi connectivity index (χ1n) is 7.16. The molecule has 0 atom stereocenters. The van der Waals surface area contributed by atoms with Crippen LogP contribution >= 0.6 is 0 Å². The van der Waals surface area contributed by atoms with Crippen molar-refractivity contribution in [3.8, 4) is 5.75 Å². The van der Waals surface area contributed by atoms with E-state index in [1.165, 1.54) is 7.11 Å². The van der Waals surface area contributed by atoms with Gasteiger partial charge in [-0.05, 0) is 37.1 Å². The lowest BCUT2D eigenvalue weighted by Crippen LogP contribution is -2.24. The van der Waals surface area contributed by atoms with Crippen LogP contribution in [-0.4, -0.2) is 32.6 Å². The van der Waals surface area contributed by atoms with Crippen molar-refractivity contribution in [1.29, 1.82) is 0 Å². The first kappa shape index (κ1) is 17.0. The molecule has 1 aromatic carbocycles. The molecule has 5 heteroatoms. The smallest absolute Gasteiger partial charge is 0.305 e. The van der Waals surface area contributed by atoms with Crippen LogP contribution in [0.15, 0.2) is 24.3 Å². The molecule has 0 saturated carbocycles. The van der Waals surface area contributed by atoms with Gasteiger partial charge in [0.1, 0.15) is 5.75 Å². The van der Waals surface area contributed by atoms with Crippen molar-refractivity contribution >= 4 is 11.9 Å². The summed E-state index contributed by atoms with van der Waals surface area (Å²) < 4.78 is 9.62. The molecule has 5 nitrogen and oxygen atoms in total. The number of methoxy groups -OCH3 is 2. The highest BCUT2D eigenvalue weighted by molar-refractivity contribution is 5.94. The third kappa shape index (κ3) is 6.79. The molecular weight excluding hydrogens is 270 g/mol. The summed E-state index contributed by atoms with van der Waals surface area (Å²) in [4.78, 5) is 22.8. The van der Waals surface area contributed by atoms with Crippen molar-refractivity contribution in [3.63, 3.8) is 0 Å². The highest BCUT2D eigenvalue weighted by atomic mass is 16.5. The second-order valence-corrected chi connectivity index (χ2v) is 4.72. The maximum atomic E-state index is 11.8. The molecule has 1 aromatic rings. The Hall–Kier alpha value is -2.04.